The van der Waals surface area contributed by atoms with Crippen molar-refractivity contribution in [3.63, 3.8) is 0 Å². The van der Waals surface area contributed by atoms with Crippen LogP contribution in [-0.2, 0) is 4.79 Å². The number of rotatable bonds is 5. The first-order chi connectivity index (χ1) is 8.32. The van der Waals surface area contributed by atoms with Gasteiger partial charge in [-0.1, -0.05) is 23.1 Å². The lowest BCUT2D eigenvalue weighted by atomic mass is 10.2. The van der Waals surface area contributed by atoms with Gasteiger partial charge in [-0.3, -0.25) is 4.79 Å². The van der Waals surface area contributed by atoms with E-state index in [2.05, 4.69) is 10.2 Å². The molecule has 1 unspecified atom stereocenters. The molecule has 0 aliphatic rings. The summed E-state index contributed by atoms with van der Waals surface area (Å²) < 4.78 is 0.862. The molecule has 0 N–H and O–H groups in total. The van der Waals surface area contributed by atoms with Gasteiger partial charge in [-0.25, -0.2) is 0 Å². The van der Waals surface area contributed by atoms with E-state index in [1.807, 2.05) is 46.4 Å². The lowest BCUT2D eigenvalue weighted by molar-refractivity contribution is -0.133. The van der Waals surface area contributed by atoms with Gasteiger partial charge in [0, 0.05) is 12.1 Å². The highest BCUT2D eigenvalue weighted by molar-refractivity contribution is 8.02. The van der Waals surface area contributed by atoms with Crippen LogP contribution in [0.15, 0.2) is 4.34 Å². The number of carbonyl (C=O) groups is 1. The molecule has 1 amide bonds. The lowest BCUT2D eigenvalue weighted by Gasteiger charge is -2.32. The van der Waals surface area contributed by atoms with Crippen molar-refractivity contribution in [2.75, 3.05) is 0 Å². The second-order valence-electron chi connectivity index (χ2n) is 4.78. The summed E-state index contributed by atoms with van der Waals surface area (Å²) in [6.07, 6.45) is 0. The van der Waals surface area contributed by atoms with E-state index in [1.54, 1.807) is 0 Å². The standard InChI is InChI=1S/C12H21N3OS2/c1-7(2)15(8(3)4)11(16)9(5)17-12-14-13-10(6)18-12/h7-9H,1-6H3. The number of nitrogens with zero attached hydrogens (tertiary/aromatic N) is 3. The Balaban J connectivity index is 2.70. The Bertz CT molecular complexity index is 396. The molecule has 0 saturated heterocycles. The van der Waals surface area contributed by atoms with Crippen LogP contribution in [0.5, 0.6) is 0 Å². The predicted molar refractivity (Wildman–Crippen MR) is 77.1 cm³/mol. The normalized spacial score (nSPS) is 13.1. The van der Waals surface area contributed by atoms with E-state index < -0.39 is 0 Å². The van der Waals surface area contributed by atoms with Crippen LogP contribution in [0.25, 0.3) is 0 Å². The number of aryl methyl sites for hydroxylation is 1. The topological polar surface area (TPSA) is 46.1 Å². The molecule has 0 aromatic carbocycles. The highest BCUT2D eigenvalue weighted by Crippen LogP contribution is 2.28. The van der Waals surface area contributed by atoms with Gasteiger partial charge in [-0.05, 0) is 41.5 Å². The van der Waals surface area contributed by atoms with E-state index in [4.69, 9.17) is 0 Å². The predicted octanol–water partition coefficient (Wildman–Crippen LogP) is 2.97. The number of carbonyl (C=O) groups excluding carboxylic acids is 1. The summed E-state index contributed by atoms with van der Waals surface area (Å²) in [6, 6.07) is 0.438. The first kappa shape index (κ1) is 15.4. The van der Waals surface area contributed by atoms with Gasteiger partial charge >= 0.3 is 0 Å². The lowest BCUT2D eigenvalue weighted by Crippen LogP contribution is -2.45. The molecule has 4 nitrogen and oxygen atoms in total. The monoisotopic (exact) mass is 287 g/mol. The molecule has 0 aliphatic heterocycles. The fourth-order valence-electron chi connectivity index (χ4n) is 1.84. The van der Waals surface area contributed by atoms with Crippen LogP contribution in [0, 0.1) is 6.92 Å². The van der Waals surface area contributed by atoms with E-state index in [9.17, 15) is 4.79 Å². The summed E-state index contributed by atoms with van der Waals surface area (Å²) in [4.78, 5) is 14.3. The number of amides is 1. The van der Waals surface area contributed by atoms with Gasteiger partial charge in [0.25, 0.3) is 0 Å². The Morgan fingerprint density at radius 1 is 1.17 bits per heavy atom. The number of aromatic nitrogens is 2. The van der Waals surface area contributed by atoms with Gasteiger partial charge in [-0.2, -0.15) is 0 Å². The first-order valence-electron chi connectivity index (χ1n) is 6.11. The third-order valence-corrected chi connectivity index (χ3v) is 4.51. The smallest absolute Gasteiger partial charge is 0.236 e. The molecule has 102 valence electrons. The van der Waals surface area contributed by atoms with Crippen molar-refractivity contribution < 1.29 is 4.79 Å². The Morgan fingerprint density at radius 2 is 1.72 bits per heavy atom. The third-order valence-electron chi connectivity index (χ3n) is 2.50. The Hall–Kier alpha value is -0.620. The van der Waals surface area contributed by atoms with E-state index in [0.29, 0.717) is 0 Å². The molecule has 1 aromatic rings. The molecule has 0 radical (unpaired) electrons. The van der Waals surface area contributed by atoms with Crippen molar-refractivity contribution in [1.82, 2.24) is 15.1 Å². The first-order valence-corrected chi connectivity index (χ1v) is 7.81. The minimum absolute atomic E-state index is 0.123. The molecular weight excluding hydrogens is 266 g/mol. The maximum atomic E-state index is 12.4. The zero-order valence-corrected chi connectivity index (χ0v) is 13.4. The van der Waals surface area contributed by atoms with Crippen molar-refractivity contribution in [3.8, 4) is 0 Å². The van der Waals surface area contributed by atoms with E-state index in [-0.39, 0.29) is 23.2 Å². The molecule has 0 spiro atoms. The molecule has 0 aliphatic carbocycles. The summed E-state index contributed by atoms with van der Waals surface area (Å²) in [5.41, 5.74) is 0. The van der Waals surface area contributed by atoms with E-state index >= 15 is 0 Å². The molecule has 6 heteroatoms. The van der Waals surface area contributed by atoms with Gasteiger partial charge in [0.2, 0.25) is 5.91 Å². The highest BCUT2D eigenvalue weighted by Gasteiger charge is 2.26. The zero-order valence-electron chi connectivity index (χ0n) is 11.8. The minimum Gasteiger partial charge on any atom is -0.337 e. The summed E-state index contributed by atoms with van der Waals surface area (Å²) >= 11 is 3.02. The van der Waals surface area contributed by atoms with E-state index in [1.165, 1.54) is 23.1 Å². The van der Waals surface area contributed by atoms with Gasteiger partial charge < -0.3 is 4.90 Å². The molecule has 18 heavy (non-hydrogen) atoms. The van der Waals surface area contributed by atoms with Crippen molar-refractivity contribution in [1.29, 1.82) is 0 Å². The van der Waals surface area contributed by atoms with Crippen LogP contribution in [0.3, 0.4) is 0 Å². The molecule has 0 fully saturated rings. The van der Waals surface area contributed by atoms with Crippen LogP contribution in [0.1, 0.15) is 39.6 Å². The van der Waals surface area contributed by atoms with Gasteiger partial charge in [0.1, 0.15) is 5.01 Å². The molecule has 0 saturated carbocycles. The molecule has 1 atom stereocenters. The van der Waals surface area contributed by atoms with Crippen molar-refractivity contribution in [2.45, 2.75) is 63.2 Å². The van der Waals surface area contributed by atoms with Crippen molar-refractivity contribution >= 4 is 29.0 Å². The molecule has 1 aromatic heterocycles. The maximum Gasteiger partial charge on any atom is 0.236 e. The SMILES string of the molecule is Cc1nnc(SC(C)C(=O)N(C(C)C)C(C)C)s1. The van der Waals surface area contributed by atoms with Crippen LogP contribution in [0.4, 0.5) is 0 Å². The number of hydrogen-bond donors (Lipinski definition) is 0. The number of hydrogen-bond acceptors (Lipinski definition) is 5. The van der Waals surface area contributed by atoms with Crippen LogP contribution in [0.2, 0.25) is 0 Å². The molecular formula is C12H21N3OS2. The average Bonchev–Trinajstić information content (AvgIpc) is 2.62. The van der Waals surface area contributed by atoms with Crippen LogP contribution < -0.4 is 0 Å². The third kappa shape index (κ3) is 3.95. The van der Waals surface area contributed by atoms with E-state index in [0.717, 1.165) is 9.35 Å². The number of thioether (sulfide) groups is 1. The summed E-state index contributed by atoms with van der Waals surface area (Å²) in [6.45, 7) is 12.0. The molecule has 1 rings (SSSR count). The summed E-state index contributed by atoms with van der Waals surface area (Å²) in [5, 5.41) is 8.82. The van der Waals surface area contributed by atoms with Gasteiger partial charge in [0.05, 0.1) is 5.25 Å². The molecule has 0 bridgehead atoms. The molecule has 1 heterocycles. The summed E-state index contributed by atoms with van der Waals surface area (Å²) in [7, 11) is 0. The van der Waals surface area contributed by atoms with Gasteiger partial charge in [-0.15, -0.1) is 10.2 Å². The Morgan fingerprint density at radius 3 is 2.11 bits per heavy atom. The maximum absolute atomic E-state index is 12.4. The second-order valence-corrected chi connectivity index (χ2v) is 7.55. The fourth-order valence-corrected chi connectivity index (χ4v) is 3.86. The highest BCUT2D eigenvalue weighted by atomic mass is 32.2. The summed E-state index contributed by atoms with van der Waals surface area (Å²) in [5.74, 6) is 0.165. The Kier molecular flexibility index (Phi) is 5.59. The second kappa shape index (κ2) is 6.52. The largest absolute Gasteiger partial charge is 0.337 e. The van der Waals surface area contributed by atoms with Gasteiger partial charge in [0.15, 0.2) is 4.34 Å². The quantitative estimate of drug-likeness (QED) is 0.781. The average molecular weight is 287 g/mol. The fraction of sp³-hybridized carbons (Fsp3) is 0.750. The Labute approximate surface area is 117 Å². The van der Waals surface area contributed by atoms with Crippen LogP contribution in [-0.4, -0.2) is 38.3 Å². The minimum atomic E-state index is -0.123. The van der Waals surface area contributed by atoms with Crippen LogP contribution >= 0.6 is 23.1 Å². The van der Waals surface area contributed by atoms with Crippen molar-refractivity contribution in [3.05, 3.63) is 5.01 Å². The van der Waals surface area contributed by atoms with Crippen molar-refractivity contribution in [2.24, 2.45) is 0 Å². The zero-order chi connectivity index (χ0) is 13.9.